The van der Waals surface area contributed by atoms with E-state index in [1.807, 2.05) is 6.92 Å². The van der Waals surface area contributed by atoms with Gasteiger partial charge in [-0.3, -0.25) is 0 Å². The molecule has 1 saturated heterocycles. The van der Waals surface area contributed by atoms with Crippen LogP contribution in [0.2, 0.25) is 5.02 Å². The van der Waals surface area contributed by atoms with Gasteiger partial charge in [-0.15, -0.1) is 0 Å². The molecule has 0 spiro atoms. The summed E-state index contributed by atoms with van der Waals surface area (Å²) < 4.78 is 38.5. The van der Waals surface area contributed by atoms with E-state index in [0.29, 0.717) is 16.9 Å². The Morgan fingerprint density at radius 3 is 2.70 bits per heavy atom. The lowest BCUT2D eigenvalue weighted by Crippen LogP contribution is -2.34. The van der Waals surface area contributed by atoms with Crippen molar-refractivity contribution in [1.29, 1.82) is 0 Å². The van der Waals surface area contributed by atoms with Crippen LogP contribution in [0.15, 0.2) is 12.1 Å². The smallest absolute Gasteiger partial charge is 0.340 e. The van der Waals surface area contributed by atoms with E-state index in [1.54, 1.807) is 0 Å². The third-order valence-electron chi connectivity index (χ3n) is 3.77. The topological polar surface area (TPSA) is 40.7 Å². The number of H-pyrrole nitrogens is 1. The standard InChI is InChI=1S/C13H13ClF3N3/c1-12(3-2-4-18-12)11-19-9-5-7(13(15,16)17)8(14)6-10(9)20-11/h5-6,18H,2-4H2,1H3,(H,19,20)/t12-/m0/s1. The van der Waals surface area contributed by atoms with Gasteiger partial charge in [0.25, 0.3) is 0 Å². The van der Waals surface area contributed by atoms with E-state index in [1.165, 1.54) is 6.07 Å². The Labute approximate surface area is 118 Å². The first kappa shape index (κ1) is 13.7. The number of nitrogens with one attached hydrogen (secondary N) is 2. The van der Waals surface area contributed by atoms with Crippen LogP contribution in [0.25, 0.3) is 11.0 Å². The maximum Gasteiger partial charge on any atom is 0.417 e. The lowest BCUT2D eigenvalue weighted by Gasteiger charge is -2.21. The van der Waals surface area contributed by atoms with Crippen molar-refractivity contribution in [1.82, 2.24) is 15.3 Å². The Bertz CT molecular complexity index is 657. The summed E-state index contributed by atoms with van der Waals surface area (Å²) >= 11 is 5.70. The third kappa shape index (κ3) is 2.16. The molecule has 1 aliphatic heterocycles. The molecule has 0 aliphatic carbocycles. The van der Waals surface area contributed by atoms with E-state index in [4.69, 9.17) is 11.6 Å². The summed E-state index contributed by atoms with van der Waals surface area (Å²) in [5.74, 6) is 0.653. The molecule has 108 valence electrons. The molecule has 20 heavy (non-hydrogen) atoms. The summed E-state index contributed by atoms with van der Waals surface area (Å²) in [5, 5.41) is 2.99. The van der Waals surface area contributed by atoms with Gasteiger partial charge in [0.2, 0.25) is 0 Å². The van der Waals surface area contributed by atoms with Crippen LogP contribution in [0.5, 0.6) is 0 Å². The van der Waals surface area contributed by atoms with Gasteiger partial charge >= 0.3 is 6.18 Å². The highest BCUT2D eigenvalue weighted by Crippen LogP contribution is 2.37. The fourth-order valence-electron chi connectivity index (χ4n) is 2.61. The molecule has 1 aromatic carbocycles. The minimum absolute atomic E-state index is 0.316. The van der Waals surface area contributed by atoms with E-state index in [9.17, 15) is 13.2 Å². The SMILES string of the molecule is C[C@@]1(c2nc3cc(Cl)c(C(F)(F)F)cc3[nH]2)CCCN1. The molecule has 2 N–H and O–H groups in total. The summed E-state index contributed by atoms with van der Waals surface area (Å²) in [6.07, 6.45) is -2.55. The molecule has 0 unspecified atom stereocenters. The molecule has 7 heteroatoms. The first-order valence-corrected chi connectivity index (χ1v) is 6.69. The molecule has 3 nitrogen and oxygen atoms in total. The van der Waals surface area contributed by atoms with Crippen LogP contribution < -0.4 is 5.32 Å². The van der Waals surface area contributed by atoms with E-state index in [0.717, 1.165) is 25.5 Å². The van der Waals surface area contributed by atoms with Crippen LogP contribution in [0.4, 0.5) is 13.2 Å². The van der Waals surface area contributed by atoms with Gasteiger partial charge in [0, 0.05) is 0 Å². The molecule has 0 radical (unpaired) electrons. The van der Waals surface area contributed by atoms with Gasteiger partial charge in [0.15, 0.2) is 0 Å². The Balaban J connectivity index is 2.12. The van der Waals surface area contributed by atoms with Gasteiger partial charge in [-0.05, 0) is 38.4 Å². The zero-order valence-corrected chi connectivity index (χ0v) is 11.5. The number of hydrogen-bond acceptors (Lipinski definition) is 2. The van der Waals surface area contributed by atoms with Crippen molar-refractivity contribution in [2.45, 2.75) is 31.5 Å². The maximum absolute atomic E-state index is 12.8. The van der Waals surface area contributed by atoms with Gasteiger partial charge < -0.3 is 10.3 Å². The molecule has 1 aliphatic rings. The highest BCUT2D eigenvalue weighted by Gasteiger charge is 2.36. The summed E-state index contributed by atoms with van der Waals surface area (Å²) in [7, 11) is 0. The molecule has 0 amide bonds. The van der Waals surface area contributed by atoms with Crippen molar-refractivity contribution >= 4 is 22.6 Å². The van der Waals surface area contributed by atoms with E-state index in [-0.39, 0.29) is 10.6 Å². The number of imidazole rings is 1. The number of benzene rings is 1. The lowest BCUT2D eigenvalue weighted by atomic mass is 10.00. The maximum atomic E-state index is 12.8. The molecule has 0 bridgehead atoms. The van der Waals surface area contributed by atoms with Crippen molar-refractivity contribution in [2.24, 2.45) is 0 Å². The molecular weight excluding hydrogens is 291 g/mol. The number of rotatable bonds is 1. The van der Waals surface area contributed by atoms with E-state index >= 15 is 0 Å². The van der Waals surface area contributed by atoms with Crippen molar-refractivity contribution in [3.8, 4) is 0 Å². The molecule has 3 rings (SSSR count). The number of fused-ring (bicyclic) bond motifs is 1. The second-order valence-electron chi connectivity index (χ2n) is 5.29. The zero-order valence-electron chi connectivity index (χ0n) is 10.7. The lowest BCUT2D eigenvalue weighted by molar-refractivity contribution is -0.137. The van der Waals surface area contributed by atoms with Gasteiger partial charge in [-0.1, -0.05) is 11.6 Å². The number of aromatic nitrogens is 2. The Morgan fingerprint density at radius 2 is 2.10 bits per heavy atom. The second-order valence-corrected chi connectivity index (χ2v) is 5.70. The summed E-state index contributed by atoms with van der Waals surface area (Å²) in [5.41, 5.74) is -0.352. The van der Waals surface area contributed by atoms with Crippen molar-refractivity contribution in [3.63, 3.8) is 0 Å². The molecule has 2 aromatic rings. The fourth-order valence-corrected chi connectivity index (χ4v) is 2.87. The molecule has 1 fully saturated rings. The fraction of sp³-hybridized carbons (Fsp3) is 0.462. The van der Waals surface area contributed by atoms with Crippen LogP contribution in [0, 0.1) is 0 Å². The highest BCUT2D eigenvalue weighted by atomic mass is 35.5. The van der Waals surface area contributed by atoms with E-state index in [2.05, 4.69) is 15.3 Å². The van der Waals surface area contributed by atoms with Gasteiger partial charge in [-0.25, -0.2) is 4.98 Å². The molecule has 1 aromatic heterocycles. The van der Waals surface area contributed by atoms with Crippen molar-refractivity contribution < 1.29 is 13.2 Å². The minimum Gasteiger partial charge on any atom is -0.340 e. The summed E-state index contributed by atoms with van der Waals surface area (Å²) in [4.78, 5) is 7.37. The quantitative estimate of drug-likeness (QED) is 0.840. The van der Waals surface area contributed by atoms with Crippen LogP contribution in [-0.4, -0.2) is 16.5 Å². The largest absolute Gasteiger partial charge is 0.417 e. The van der Waals surface area contributed by atoms with Crippen LogP contribution in [-0.2, 0) is 11.7 Å². The van der Waals surface area contributed by atoms with E-state index < -0.39 is 11.7 Å². The molecule has 2 heterocycles. The van der Waals surface area contributed by atoms with Gasteiger partial charge in [0.1, 0.15) is 5.82 Å². The number of alkyl halides is 3. The monoisotopic (exact) mass is 303 g/mol. The number of hydrogen-bond donors (Lipinski definition) is 2. The highest BCUT2D eigenvalue weighted by molar-refractivity contribution is 6.32. The number of nitrogens with zero attached hydrogens (tertiary/aromatic N) is 1. The Morgan fingerprint density at radius 1 is 1.35 bits per heavy atom. The first-order valence-electron chi connectivity index (χ1n) is 6.31. The van der Waals surface area contributed by atoms with Crippen molar-refractivity contribution in [2.75, 3.05) is 6.54 Å². The van der Waals surface area contributed by atoms with Crippen LogP contribution in [0.3, 0.4) is 0 Å². The zero-order chi connectivity index (χ0) is 14.5. The van der Waals surface area contributed by atoms with Crippen molar-refractivity contribution in [3.05, 3.63) is 28.5 Å². The van der Waals surface area contributed by atoms with Gasteiger partial charge in [0.05, 0.1) is 27.2 Å². The van der Waals surface area contributed by atoms with Crippen LogP contribution >= 0.6 is 11.6 Å². The summed E-state index contributed by atoms with van der Waals surface area (Å²) in [6.45, 7) is 2.87. The molecular formula is C13H13ClF3N3. The average molecular weight is 304 g/mol. The van der Waals surface area contributed by atoms with Crippen LogP contribution in [0.1, 0.15) is 31.2 Å². The average Bonchev–Trinajstić information content (AvgIpc) is 2.93. The molecule has 0 saturated carbocycles. The predicted molar refractivity (Wildman–Crippen MR) is 70.7 cm³/mol. The summed E-state index contributed by atoms with van der Waals surface area (Å²) in [6, 6.07) is 2.28. The first-order chi connectivity index (χ1) is 9.29. The molecule has 1 atom stereocenters. The predicted octanol–water partition coefficient (Wildman–Crippen LogP) is 3.83. The number of halogens is 4. The Kier molecular flexibility index (Phi) is 2.99. The minimum atomic E-state index is -4.47. The number of aromatic amines is 1. The normalized spacial score (nSPS) is 23.6. The second kappa shape index (κ2) is 4.36. The van der Waals surface area contributed by atoms with Gasteiger partial charge in [-0.2, -0.15) is 13.2 Å². The third-order valence-corrected chi connectivity index (χ3v) is 4.08. The Hall–Kier alpha value is -1.27.